The Kier molecular flexibility index (Phi) is 6.42. The first-order valence-corrected chi connectivity index (χ1v) is 16.6. The minimum Gasteiger partial charge on any atom is -0.456 e. The van der Waals surface area contributed by atoms with E-state index in [1.165, 1.54) is 0 Å². The second-order valence-corrected chi connectivity index (χ2v) is 12.4. The highest BCUT2D eigenvalue weighted by atomic mass is 16.3. The van der Waals surface area contributed by atoms with Crippen LogP contribution in [0.2, 0.25) is 0 Å². The summed E-state index contributed by atoms with van der Waals surface area (Å²) in [6, 6.07) is 51.7. The van der Waals surface area contributed by atoms with Gasteiger partial charge in [0.2, 0.25) is 0 Å². The lowest BCUT2D eigenvalue weighted by atomic mass is 9.94. The van der Waals surface area contributed by atoms with Crippen molar-refractivity contribution in [3.05, 3.63) is 164 Å². The van der Waals surface area contributed by atoms with Crippen molar-refractivity contribution >= 4 is 43.9 Å². The Bertz CT molecular complexity index is 2850. The van der Waals surface area contributed by atoms with Crippen LogP contribution in [0.1, 0.15) is 0 Å². The standard InChI is InChI=1S/C45H27N3O2/c1-2-10-29(11-3-1)37-26-38(48-45(47-37)30-21-19-28(20-22-30)31-12-9-25-46-27-31)34-24-23-33(44-43(34)36-14-5-7-17-40(36)50-44)32-15-8-18-41-42(32)35-13-4-6-16-39(35)49-41/h1-27H. The van der Waals surface area contributed by atoms with Crippen LogP contribution in [0, 0.1) is 0 Å². The molecule has 10 aromatic rings. The van der Waals surface area contributed by atoms with E-state index >= 15 is 0 Å². The van der Waals surface area contributed by atoms with Gasteiger partial charge in [0.1, 0.15) is 22.3 Å². The highest BCUT2D eigenvalue weighted by molar-refractivity contribution is 6.20. The monoisotopic (exact) mass is 641 g/mol. The zero-order valence-corrected chi connectivity index (χ0v) is 26.7. The fourth-order valence-corrected chi connectivity index (χ4v) is 7.07. The summed E-state index contributed by atoms with van der Waals surface area (Å²) in [5.41, 5.74) is 12.2. The van der Waals surface area contributed by atoms with Crippen molar-refractivity contribution in [3.63, 3.8) is 0 Å². The largest absolute Gasteiger partial charge is 0.456 e. The lowest BCUT2D eigenvalue weighted by molar-refractivity contribution is 0.668. The molecule has 0 saturated heterocycles. The fraction of sp³-hybridized carbons (Fsp3) is 0. The van der Waals surface area contributed by atoms with Gasteiger partial charge in [-0.2, -0.15) is 0 Å². The quantitative estimate of drug-likeness (QED) is 0.187. The van der Waals surface area contributed by atoms with Crippen LogP contribution in [0.3, 0.4) is 0 Å². The third-order valence-corrected chi connectivity index (χ3v) is 9.43. The third-order valence-electron chi connectivity index (χ3n) is 9.43. The van der Waals surface area contributed by atoms with E-state index in [0.717, 1.165) is 94.2 Å². The molecule has 0 spiro atoms. The third kappa shape index (κ3) is 4.60. The van der Waals surface area contributed by atoms with E-state index in [-0.39, 0.29) is 0 Å². The zero-order valence-electron chi connectivity index (χ0n) is 26.7. The van der Waals surface area contributed by atoms with Gasteiger partial charge in [-0.05, 0) is 53.1 Å². The Hall–Kier alpha value is -6.85. The van der Waals surface area contributed by atoms with Gasteiger partial charge < -0.3 is 8.83 Å². The molecule has 0 unspecified atom stereocenters. The summed E-state index contributed by atoms with van der Waals surface area (Å²) in [5, 5.41) is 4.20. The van der Waals surface area contributed by atoms with Crippen molar-refractivity contribution in [2.75, 3.05) is 0 Å². The molecule has 0 amide bonds. The number of fused-ring (bicyclic) bond motifs is 6. The summed E-state index contributed by atoms with van der Waals surface area (Å²) >= 11 is 0. The van der Waals surface area contributed by atoms with Crippen LogP contribution in [0.4, 0.5) is 0 Å². The Morgan fingerprint density at radius 1 is 0.400 bits per heavy atom. The molecule has 50 heavy (non-hydrogen) atoms. The maximum Gasteiger partial charge on any atom is 0.160 e. The molecule has 0 N–H and O–H groups in total. The van der Waals surface area contributed by atoms with Crippen molar-refractivity contribution in [1.29, 1.82) is 0 Å². The molecule has 0 fully saturated rings. The lowest BCUT2D eigenvalue weighted by Crippen LogP contribution is -1.96. The van der Waals surface area contributed by atoms with Crippen LogP contribution in [-0.2, 0) is 0 Å². The first kappa shape index (κ1) is 28.2. The summed E-state index contributed by atoms with van der Waals surface area (Å²) in [4.78, 5) is 14.6. The van der Waals surface area contributed by atoms with Gasteiger partial charge in [-0.25, -0.2) is 9.97 Å². The molecule has 0 saturated carbocycles. The van der Waals surface area contributed by atoms with Crippen LogP contribution >= 0.6 is 0 Å². The number of aromatic nitrogens is 3. The minimum absolute atomic E-state index is 0.652. The first-order valence-electron chi connectivity index (χ1n) is 16.6. The van der Waals surface area contributed by atoms with E-state index in [9.17, 15) is 0 Å². The lowest BCUT2D eigenvalue weighted by Gasteiger charge is -2.12. The molecule has 10 rings (SSSR count). The molecule has 0 bridgehead atoms. The molecule has 0 radical (unpaired) electrons. The Labute approximate surface area is 287 Å². The number of pyridine rings is 1. The van der Waals surface area contributed by atoms with E-state index < -0.39 is 0 Å². The van der Waals surface area contributed by atoms with Gasteiger partial charge in [-0.1, -0.05) is 115 Å². The number of furan rings is 2. The first-order chi connectivity index (χ1) is 24.8. The molecule has 0 atom stereocenters. The van der Waals surface area contributed by atoms with Gasteiger partial charge in [0.15, 0.2) is 5.82 Å². The highest BCUT2D eigenvalue weighted by Gasteiger charge is 2.22. The van der Waals surface area contributed by atoms with Crippen LogP contribution in [0.5, 0.6) is 0 Å². The number of hydrogen-bond acceptors (Lipinski definition) is 5. The Morgan fingerprint density at radius 2 is 1.06 bits per heavy atom. The van der Waals surface area contributed by atoms with Crippen LogP contribution in [0.25, 0.3) is 100 Å². The molecule has 234 valence electrons. The molecule has 6 aromatic carbocycles. The van der Waals surface area contributed by atoms with Gasteiger partial charge in [0.05, 0.1) is 11.4 Å². The smallest absolute Gasteiger partial charge is 0.160 e. The summed E-state index contributed by atoms with van der Waals surface area (Å²) in [5.74, 6) is 0.652. The number of benzene rings is 6. The number of rotatable bonds is 5. The van der Waals surface area contributed by atoms with Gasteiger partial charge in [-0.15, -0.1) is 0 Å². The maximum absolute atomic E-state index is 6.74. The second-order valence-electron chi connectivity index (χ2n) is 12.4. The average molecular weight is 642 g/mol. The number of hydrogen-bond donors (Lipinski definition) is 0. The summed E-state index contributed by atoms with van der Waals surface area (Å²) < 4.78 is 13.0. The maximum atomic E-state index is 6.74. The van der Waals surface area contributed by atoms with E-state index in [4.69, 9.17) is 18.8 Å². The molecule has 5 heteroatoms. The van der Waals surface area contributed by atoms with E-state index in [0.29, 0.717) is 5.82 Å². The van der Waals surface area contributed by atoms with Crippen molar-refractivity contribution < 1.29 is 8.83 Å². The van der Waals surface area contributed by atoms with Gasteiger partial charge >= 0.3 is 0 Å². The van der Waals surface area contributed by atoms with E-state index in [1.54, 1.807) is 6.20 Å². The van der Waals surface area contributed by atoms with Gasteiger partial charge in [-0.3, -0.25) is 4.98 Å². The molecule has 0 aliphatic rings. The molecular weight excluding hydrogens is 615 g/mol. The fourth-order valence-electron chi connectivity index (χ4n) is 7.07. The van der Waals surface area contributed by atoms with Crippen molar-refractivity contribution in [2.24, 2.45) is 0 Å². The van der Waals surface area contributed by atoms with E-state index in [1.807, 2.05) is 66.9 Å². The minimum atomic E-state index is 0.652. The van der Waals surface area contributed by atoms with Crippen LogP contribution < -0.4 is 0 Å². The van der Waals surface area contributed by atoms with E-state index in [2.05, 4.69) is 96.0 Å². The van der Waals surface area contributed by atoms with Crippen molar-refractivity contribution in [2.45, 2.75) is 0 Å². The summed E-state index contributed by atoms with van der Waals surface area (Å²) in [6.07, 6.45) is 3.66. The highest BCUT2D eigenvalue weighted by Crippen LogP contribution is 2.45. The van der Waals surface area contributed by atoms with Crippen molar-refractivity contribution in [3.8, 4) is 56.2 Å². The number of para-hydroxylation sites is 2. The number of nitrogens with zero attached hydrogens (tertiary/aromatic N) is 3. The molecular formula is C45H27N3O2. The topological polar surface area (TPSA) is 65.0 Å². The predicted molar refractivity (Wildman–Crippen MR) is 202 cm³/mol. The van der Waals surface area contributed by atoms with Crippen LogP contribution in [0.15, 0.2) is 173 Å². The SMILES string of the molecule is c1ccc(-c2cc(-c3ccc(-c4cccc5oc6ccccc6c45)c4oc5ccccc5c34)nc(-c3ccc(-c4cccnc4)cc3)n2)cc1. The second kappa shape index (κ2) is 11.4. The molecule has 4 aromatic heterocycles. The normalized spacial score (nSPS) is 11.6. The predicted octanol–water partition coefficient (Wildman–Crippen LogP) is 12.0. The van der Waals surface area contributed by atoms with Crippen LogP contribution in [-0.4, -0.2) is 15.0 Å². The van der Waals surface area contributed by atoms with Gasteiger partial charge in [0, 0.05) is 56.2 Å². The molecule has 5 nitrogen and oxygen atoms in total. The summed E-state index contributed by atoms with van der Waals surface area (Å²) in [6.45, 7) is 0. The Morgan fingerprint density at radius 3 is 1.86 bits per heavy atom. The molecule has 0 aliphatic heterocycles. The van der Waals surface area contributed by atoms with Gasteiger partial charge in [0.25, 0.3) is 0 Å². The Balaban J connectivity index is 1.21. The zero-order chi connectivity index (χ0) is 33.0. The summed E-state index contributed by atoms with van der Waals surface area (Å²) in [7, 11) is 0. The molecule has 0 aliphatic carbocycles. The van der Waals surface area contributed by atoms with Crippen molar-refractivity contribution in [1.82, 2.24) is 15.0 Å². The average Bonchev–Trinajstić information content (AvgIpc) is 3.77. The molecule has 4 heterocycles.